The number of ether oxygens (including phenoxy) is 1. The Morgan fingerprint density at radius 1 is 1.29 bits per heavy atom. The molecule has 110 valence electrons. The second-order valence-electron chi connectivity index (χ2n) is 5.01. The predicted octanol–water partition coefficient (Wildman–Crippen LogP) is 3.46. The maximum absolute atomic E-state index is 11.6. The van der Waals surface area contributed by atoms with Crippen LogP contribution in [0.1, 0.15) is 43.8 Å². The van der Waals surface area contributed by atoms with Crippen LogP contribution >= 0.6 is 0 Å². The van der Waals surface area contributed by atoms with Crippen LogP contribution in [0.4, 0.5) is 0 Å². The first-order valence-corrected chi connectivity index (χ1v) is 7.11. The molecule has 0 aliphatic rings. The first kappa shape index (κ1) is 15.0. The van der Waals surface area contributed by atoms with E-state index in [4.69, 9.17) is 4.74 Å². The lowest BCUT2D eigenvalue weighted by Gasteiger charge is -2.06. The van der Waals surface area contributed by atoms with Crippen molar-refractivity contribution in [3.05, 3.63) is 57.8 Å². The minimum atomic E-state index is -0.133. The SMILES string of the molecule is CCOc1ccccc1/C=C/c1cc(=O)[nH]c(C(C)C)n1. The van der Waals surface area contributed by atoms with Gasteiger partial charge in [-0.2, -0.15) is 0 Å². The van der Waals surface area contributed by atoms with E-state index in [1.54, 1.807) is 0 Å². The molecule has 21 heavy (non-hydrogen) atoms. The highest BCUT2D eigenvalue weighted by Gasteiger charge is 2.04. The number of benzene rings is 1. The molecule has 4 nitrogen and oxygen atoms in total. The molecule has 2 rings (SSSR count). The van der Waals surface area contributed by atoms with E-state index in [2.05, 4.69) is 9.97 Å². The number of hydrogen-bond donors (Lipinski definition) is 1. The van der Waals surface area contributed by atoms with E-state index in [9.17, 15) is 4.79 Å². The first-order chi connectivity index (χ1) is 10.1. The van der Waals surface area contributed by atoms with Crippen LogP contribution in [0.25, 0.3) is 12.2 Å². The minimum absolute atomic E-state index is 0.133. The lowest BCUT2D eigenvalue weighted by Crippen LogP contribution is -2.12. The van der Waals surface area contributed by atoms with Crippen molar-refractivity contribution in [3.8, 4) is 5.75 Å². The predicted molar refractivity (Wildman–Crippen MR) is 85.5 cm³/mol. The molecule has 1 heterocycles. The van der Waals surface area contributed by atoms with E-state index in [-0.39, 0.29) is 11.5 Å². The molecule has 0 aliphatic heterocycles. The summed E-state index contributed by atoms with van der Waals surface area (Å²) in [4.78, 5) is 18.8. The normalized spacial score (nSPS) is 11.2. The Morgan fingerprint density at radius 2 is 2.05 bits per heavy atom. The van der Waals surface area contributed by atoms with Crippen LogP contribution in [-0.4, -0.2) is 16.6 Å². The second-order valence-corrected chi connectivity index (χ2v) is 5.01. The van der Waals surface area contributed by atoms with Gasteiger partial charge in [-0.3, -0.25) is 4.79 Å². The van der Waals surface area contributed by atoms with Crippen LogP contribution in [0.3, 0.4) is 0 Å². The zero-order chi connectivity index (χ0) is 15.2. The van der Waals surface area contributed by atoms with Crippen LogP contribution in [0.15, 0.2) is 35.1 Å². The van der Waals surface area contributed by atoms with Gasteiger partial charge in [0.15, 0.2) is 0 Å². The molecule has 0 spiro atoms. The molecule has 0 unspecified atom stereocenters. The van der Waals surface area contributed by atoms with Gasteiger partial charge < -0.3 is 9.72 Å². The number of aromatic amines is 1. The van der Waals surface area contributed by atoms with Gasteiger partial charge in [0.2, 0.25) is 0 Å². The number of para-hydroxylation sites is 1. The Labute approximate surface area is 124 Å². The molecular weight excluding hydrogens is 264 g/mol. The minimum Gasteiger partial charge on any atom is -0.493 e. The van der Waals surface area contributed by atoms with Gasteiger partial charge in [-0.25, -0.2) is 4.98 Å². The summed E-state index contributed by atoms with van der Waals surface area (Å²) in [6.45, 7) is 6.56. The summed E-state index contributed by atoms with van der Waals surface area (Å²) in [5.74, 6) is 1.70. The fraction of sp³-hybridized carbons (Fsp3) is 0.294. The average molecular weight is 284 g/mol. The number of hydrogen-bond acceptors (Lipinski definition) is 3. The van der Waals surface area contributed by atoms with Crippen LogP contribution in [0.2, 0.25) is 0 Å². The fourth-order valence-electron chi connectivity index (χ4n) is 1.94. The van der Waals surface area contributed by atoms with Crippen molar-refractivity contribution in [1.29, 1.82) is 0 Å². The Kier molecular flexibility index (Phi) is 4.93. The van der Waals surface area contributed by atoms with Crippen molar-refractivity contribution < 1.29 is 4.74 Å². The van der Waals surface area contributed by atoms with Crippen molar-refractivity contribution >= 4 is 12.2 Å². The van der Waals surface area contributed by atoms with E-state index in [1.807, 2.05) is 57.2 Å². The van der Waals surface area contributed by atoms with Gasteiger partial charge in [0.05, 0.1) is 12.3 Å². The van der Waals surface area contributed by atoms with Crippen molar-refractivity contribution in [3.63, 3.8) is 0 Å². The van der Waals surface area contributed by atoms with Gasteiger partial charge in [0.25, 0.3) is 5.56 Å². The van der Waals surface area contributed by atoms with Crippen molar-refractivity contribution in [2.75, 3.05) is 6.61 Å². The molecule has 0 fully saturated rings. The lowest BCUT2D eigenvalue weighted by molar-refractivity contribution is 0.339. The Morgan fingerprint density at radius 3 is 2.76 bits per heavy atom. The molecule has 0 bridgehead atoms. The Bertz CT molecular complexity index is 687. The van der Waals surface area contributed by atoms with E-state index in [0.29, 0.717) is 18.1 Å². The van der Waals surface area contributed by atoms with Gasteiger partial charge in [0, 0.05) is 17.5 Å². The zero-order valence-electron chi connectivity index (χ0n) is 12.6. The number of H-pyrrole nitrogens is 1. The van der Waals surface area contributed by atoms with E-state index in [0.717, 1.165) is 11.3 Å². The number of nitrogens with one attached hydrogen (secondary N) is 1. The molecule has 0 saturated heterocycles. The summed E-state index contributed by atoms with van der Waals surface area (Å²) in [5.41, 5.74) is 1.48. The number of rotatable bonds is 5. The first-order valence-electron chi connectivity index (χ1n) is 7.11. The van der Waals surface area contributed by atoms with Gasteiger partial charge in [-0.05, 0) is 25.1 Å². The maximum atomic E-state index is 11.6. The molecule has 1 N–H and O–H groups in total. The third-order valence-electron chi connectivity index (χ3n) is 2.98. The summed E-state index contributed by atoms with van der Waals surface area (Å²) < 4.78 is 5.57. The van der Waals surface area contributed by atoms with Crippen molar-refractivity contribution in [1.82, 2.24) is 9.97 Å². The highest BCUT2D eigenvalue weighted by Crippen LogP contribution is 2.20. The van der Waals surface area contributed by atoms with Gasteiger partial charge >= 0.3 is 0 Å². The summed E-state index contributed by atoms with van der Waals surface area (Å²) in [5, 5.41) is 0. The third kappa shape index (κ3) is 4.05. The number of aromatic nitrogens is 2. The molecule has 0 saturated carbocycles. The van der Waals surface area contributed by atoms with Gasteiger partial charge in [0.1, 0.15) is 11.6 Å². The van der Waals surface area contributed by atoms with Crippen LogP contribution in [0.5, 0.6) is 5.75 Å². The molecule has 1 aromatic heterocycles. The number of nitrogens with zero attached hydrogens (tertiary/aromatic N) is 1. The molecule has 4 heteroatoms. The summed E-state index contributed by atoms with van der Waals surface area (Å²) in [7, 11) is 0. The second kappa shape index (κ2) is 6.88. The van der Waals surface area contributed by atoms with Gasteiger partial charge in [-0.1, -0.05) is 32.0 Å². The quantitative estimate of drug-likeness (QED) is 0.914. The van der Waals surface area contributed by atoms with Crippen molar-refractivity contribution in [2.45, 2.75) is 26.7 Å². The summed E-state index contributed by atoms with van der Waals surface area (Å²) in [6, 6.07) is 9.27. The smallest absolute Gasteiger partial charge is 0.251 e. The zero-order valence-corrected chi connectivity index (χ0v) is 12.6. The molecule has 0 aliphatic carbocycles. The molecule has 0 amide bonds. The van der Waals surface area contributed by atoms with Crippen molar-refractivity contribution in [2.24, 2.45) is 0 Å². The Balaban J connectivity index is 2.31. The largest absolute Gasteiger partial charge is 0.493 e. The molecule has 0 atom stereocenters. The third-order valence-corrected chi connectivity index (χ3v) is 2.98. The van der Waals surface area contributed by atoms with E-state index < -0.39 is 0 Å². The molecule has 2 aromatic rings. The molecule has 1 aromatic carbocycles. The maximum Gasteiger partial charge on any atom is 0.251 e. The highest BCUT2D eigenvalue weighted by molar-refractivity contribution is 5.71. The fourth-order valence-corrected chi connectivity index (χ4v) is 1.94. The Hall–Kier alpha value is -2.36. The van der Waals surface area contributed by atoms with Crippen LogP contribution < -0.4 is 10.3 Å². The average Bonchev–Trinajstić information content (AvgIpc) is 2.46. The molecular formula is C17H20N2O2. The van der Waals surface area contributed by atoms with Crippen LogP contribution in [-0.2, 0) is 0 Å². The summed E-state index contributed by atoms with van der Waals surface area (Å²) >= 11 is 0. The monoisotopic (exact) mass is 284 g/mol. The standard InChI is InChI=1S/C17H20N2O2/c1-4-21-15-8-6-5-7-13(15)9-10-14-11-16(20)19-17(18-14)12(2)3/h5-12H,4H2,1-3H3,(H,18,19,20)/b10-9+. The van der Waals surface area contributed by atoms with Crippen LogP contribution in [0, 0.1) is 0 Å². The van der Waals surface area contributed by atoms with E-state index >= 15 is 0 Å². The topological polar surface area (TPSA) is 55.0 Å². The van der Waals surface area contributed by atoms with E-state index in [1.165, 1.54) is 6.07 Å². The highest BCUT2D eigenvalue weighted by atomic mass is 16.5. The summed E-state index contributed by atoms with van der Waals surface area (Å²) in [6.07, 6.45) is 3.75. The lowest BCUT2D eigenvalue weighted by atomic mass is 10.1. The molecule has 0 radical (unpaired) electrons. The van der Waals surface area contributed by atoms with Gasteiger partial charge in [-0.15, -0.1) is 0 Å².